The second kappa shape index (κ2) is 9.80. The number of amides is 1. The van der Waals surface area contributed by atoms with Crippen LogP contribution in [0.4, 0.5) is 0 Å². The van der Waals surface area contributed by atoms with E-state index in [1.54, 1.807) is 11.8 Å². The SMILES string of the molecule is CCOc1ccc(SCC(=O)NC[C@H](C)N2CCOCC2)cc1. The summed E-state index contributed by atoms with van der Waals surface area (Å²) in [5.74, 6) is 1.37. The van der Waals surface area contributed by atoms with Crippen LogP contribution in [0.15, 0.2) is 29.2 Å². The minimum atomic E-state index is 0.0731. The fourth-order valence-corrected chi connectivity index (χ4v) is 3.14. The molecule has 23 heavy (non-hydrogen) atoms. The molecule has 1 amide bonds. The predicted octanol–water partition coefficient (Wildman–Crippen LogP) is 2.01. The van der Waals surface area contributed by atoms with Crippen LogP contribution in [-0.4, -0.2) is 62.1 Å². The summed E-state index contributed by atoms with van der Waals surface area (Å²) >= 11 is 1.54. The average molecular weight is 338 g/mol. The van der Waals surface area contributed by atoms with Gasteiger partial charge in [-0.2, -0.15) is 0 Å². The Morgan fingerprint density at radius 3 is 2.70 bits per heavy atom. The zero-order valence-electron chi connectivity index (χ0n) is 13.9. The molecule has 0 bridgehead atoms. The van der Waals surface area contributed by atoms with E-state index in [1.807, 2.05) is 31.2 Å². The topological polar surface area (TPSA) is 50.8 Å². The Morgan fingerprint density at radius 2 is 2.04 bits per heavy atom. The minimum Gasteiger partial charge on any atom is -0.494 e. The molecule has 1 heterocycles. The molecule has 1 N–H and O–H groups in total. The number of carbonyl (C=O) groups is 1. The third kappa shape index (κ3) is 6.41. The second-order valence-corrected chi connectivity index (χ2v) is 6.54. The van der Waals surface area contributed by atoms with Crippen molar-refractivity contribution in [1.29, 1.82) is 0 Å². The predicted molar refractivity (Wildman–Crippen MR) is 93.2 cm³/mol. The van der Waals surface area contributed by atoms with Crippen LogP contribution < -0.4 is 10.1 Å². The van der Waals surface area contributed by atoms with E-state index >= 15 is 0 Å². The van der Waals surface area contributed by atoms with Crippen LogP contribution in [0.2, 0.25) is 0 Å². The number of hydrogen-bond acceptors (Lipinski definition) is 5. The highest BCUT2D eigenvalue weighted by Crippen LogP contribution is 2.21. The lowest BCUT2D eigenvalue weighted by Gasteiger charge is -2.32. The molecule has 5 nitrogen and oxygen atoms in total. The Labute approximate surface area is 142 Å². The van der Waals surface area contributed by atoms with Crippen LogP contribution in [0.5, 0.6) is 5.75 Å². The molecular formula is C17H26N2O3S. The number of benzene rings is 1. The fraction of sp³-hybridized carbons (Fsp3) is 0.588. The molecule has 128 valence electrons. The average Bonchev–Trinajstić information content (AvgIpc) is 2.60. The first-order valence-electron chi connectivity index (χ1n) is 8.13. The van der Waals surface area contributed by atoms with E-state index in [1.165, 1.54) is 0 Å². The van der Waals surface area contributed by atoms with Gasteiger partial charge < -0.3 is 14.8 Å². The van der Waals surface area contributed by atoms with Crippen LogP contribution in [0.1, 0.15) is 13.8 Å². The summed E-state index contributed by atoms with van der Waals surface area (Å²) in [5.41, 5.74) is 0. The van der Waals surface area contributed by atoms with Gasteiger partial charge in [0.1, 0.15) is 5.75 Å². The molecule has 2 rings (SSSR count). The molecule has 1 aliphatic heterocycles. The van der Waals surface area contributed by atoms with Crippen LogP contribution in [0, 0.1) is 0 Å². The van der Waals surface area contributed by atoms with Crippen LogP contribution in [0.3, 0.4) is 0 Å². The maximum absolute atomic E-state index is 12.0. The third-order valence-electron chi connectivity index (χ3n) is 3.77. The number of nitrogens with one attached hydrogen (secondary N) is 1. The lowest BCUT2D eigenvalue weighted by molar-refractivity contribution is -0.118. The van der Waals surface area contributed by atoms with Crippen LogP contribution >= 0.6 is 11.8 Å². The number of hydrogen-bond donors (Lipinski definition) is 1. The quantitative estimate of drug-likeness (QED) is 0.735. The van der Waals surface area contributed by atoms with Gasteiger partial charge in [0.25, 0.3) is 0 Å². The van der Waals surface area contributed by atoms with Gasteiger partial charge in [0, 0.05) is 30.6 Å². The summed E-state index contributed by atoms with van der Waals surface area (Å²) in [5, 5.41) is 3.01. The molecule has 1 aromatic carbocycles. The summed E-state index contributed by atoms with van der Waals surface area (Å²) in [7, 11) is 0. The van der Waals surface area contributed by atoms with Gasteiger partial charge in [-0.15, -0.1) is 11.8 Å². The number of nitrogens with zero attached hydrogens (tertiary/aromatic N) is 1. The molecule has 0 aliphatic carbocycles. The Balaban J connectivity index is 1.66. The van der Waals surface area contributed by atoms with E-state index in [2.05, 4.69) is 17.1 Å². The summed E-state index contributed by atoms with van der Waals surface area (Å²) in [6.45, 7) is 8.91. The number of rotatable bonds is 8. The van der Waals surface area contributed by atoms with Gasteiger partial charge >= 0.3 is 0 Å². The van der Waals surface area contributed by atoms with Gasteiger partial charge in [-0.25, -0.2) is 0 Å². The highest BCUT2D eigenvalue weighted by molar-refractivity contribution is 8.00. The lowest BCUT2D eigenvalue weighted by atomic mass is 10.2. The van der Waals surface area contributed by atoms with Crippen molar-refractivity contribution >= 4 is 17.7 Å². The summed E-state index contributed by atoms with van der Waals surface area (Å²) in [6.07, 6.45) is 0. The van der Waals surface area contributed by atoms with E-state index in [4.69, 9.17) is 9.47 Å². The largest absolute Gasteiger partial charge is 0.494 e. The van der Waals surface area contributed by atoms with Gasteiger partial charge in [-0.3, -0.25) is 9.69 Å². The smallest absolute Gasteiger partial charge is 0.230 e. The minimum absolute atomic E-state index is 0.0731. The molecule has 1 saturated heterocycles. The Bertz CT molecular complexity index is 475. The van der Waals surface area contributed by atoms with Gasteiger partial charge in [-0.05, 0) is 38.1 Å². The van der Waals surface area contributed by atoms with E-state index in [9.17, 15) is 4.79 Å². The zero-order valence-corrected chi connectivity index (χ0v) is 14.7. The molecule has 0 saturated carbocycles. The maximum Gasteiger partial charge on any atom is 0.230 e. The molecule has 0 unspecified atom stereocenters. The monoisotopic (exact) mass is 338 g/mol. The van der Waals surface area contributed by atoms with Crippen molar-refractivity contribution in [3.63, 3.8) is 0 Å². The number of carbonyl (C=O) groups excluding carboxylic acids is 1. The Morgan fingerprint density at radius 1 is 1.35 bits per heavy atom. The van der Waals surface area contributed by atoms with Gasteiger partial charge in [-0.1, -0.05) is 0 Å². The van der Waals surface area contributed by atoms with E-state index in [0.29, 0.717) is 24.9 Å². The molecule has 0 spiro atoms. The Hall–Kier alpha value is -1.24. The van der Waals surface area contributed by atoms with Crippen molar-refractivity contribution < 1.29 is 14.3 Å². The van der Waals surface area contributed by atoms with Gasteiger partial charge in [0.15, 0.2) is 0 Å². The van der Waals surface area contributed by atoms with Crippen molar-refractivity contribution in [3.05, 3.63) is 24.3 Å². The van der Waals surface area contributed by atoms with E-state index in [0.717, 1.165) is 36.9 Å². The number of morpholine rings is 1. The highest BCUT2D eigenvalue weighted by Gasteiger charge is 2.17. The normalized spacial score (nSPS) is 16.8. The fourth-order valence-electron chi connectivity index (χ4n) is 2.41. The first-order valence-corrected chi connectivity index (χ1v) is 9.11. The van der Waals surface area contributed by atoms with Crippen molar-refractivity contribution in [3.8, 4) is 5.75 Å². The Kier molecular flexibility index (Phi) is 7.71. The second-order valence-electron chi connectivity index (χ2n) is 5.49. The molecule has 6 heteroatoms. The van der Waals surface area contributed by atoms with Crippen molar-refractivity contribution in [2.75, 3.05) is 45.2 Å². The highest BCUT2D eigenvalue weighted by atomic mass is 32.2. The molecular weight excluding hydrogens is 312 g/mol. The molecule has 1 fully saturated rings. The first kappa shape index (κ1) is 18.1. The maximum atomic E-state index is 12.0. The first-order chi connectivity index (χ1) is 11.2. The van der Waals surface area contributed by atoms with Crippen LogP contribution in [0.25, 0.3) is 0 Å². The number of thioether (sulfide) groups is 1. The van der Waals surface area contributed by atoms with E-state index in [-0.39, 0.29) is 5.91 Å². The molecule has 1 atom stereocenters. The number of ether oxygens (including phenoxy) is 2. The summed E-state index contributed by atoms with van der Waals surface area (Å²) < 4.78 is 10.8. The molecule has 0 radical (unpaired) electrons. The van der Waals surface area contributed by atoms with E-state index < -0.39 is 0 Å². The third-order valence-corrected chi connectivity index (χ3v) is 4.78. The van der Waals surface area contributed by atoms with Crippen molar-refractivity contribution in [2.45, 2.75) is 24.8 Å². The lowest BCUT2D eigenvalue weighted by Crippen LogP contribution is -2.47. The van der Waals surface area contributed by atoms with Crippen molar-refractivity contribution in [1.82, 2.24) is 10.2 Å². The van der Waals surface area contributed by atoms with Crippen LogP contribution in [-0.2, 0) is 9.53 Å². The zero-order chi connectivity index (χ0) is 16.5. The summed E-state index contributed by atoms with van der Waals surface area (Å²) in [6, 6.07) is 8.19. The molecule has 1 aliphatic rings. The molecule has 0 aromatic heterocycles. The molecule has 1 aromatic rings. The van der Waals surface area contributed by atoms with Gasteiger partial charge in [0.05, 0.1) is 25.6 Å². The van der Waals surface area contributed by atoms with Gasteiger partial charge in [0.2, 0.25) is 5.91 Å². The standard InChI is InChI=1S/C17H26N2O3S/c1-3-22-15-4-6-16(7-5-15)23-13-17(20)18-12-14(2)19-8-10-21-11-9-19/h4-7,14H,3,8-13H2,1-2H3,(H,18,20)/t14-/m0/s1. The summed E-state index contributed by atoms with van der Waals surface area (Å²) in [4.78, 5) is 15.4. The van der Waals surface area contributed by atoms with Crippen molar-refractivity contribution in [2.24, 2.45) is 0 Å².